The van der Waals surface area contributed by atoms with Crippen molar-refractivity contribution in [2.24, 2.45) is 0 Å². The maximum atomic E-state index is 11.9. The number of rotatable bonds is 7. The Labute approximate surface area is 147 Å². The molecule has 3 amide bonds. The highest BCUT2D eigenvalue weighted by Crippen LogP contribution is 2.22. The largest absolute Gasteiger partial charge is 0.438 e. The predicted molar refractivity (Wildman–Crippen MR) is 94.8 cm³/mol. The van der Waals surface area contributed by atoms with Crippen LogP contribution < -0.4 is 16.0 Å². The number of amides is 3. The molecule has 0 fully saturated rings. The summed E-state index contributed by atoms with van der Waals surface area (Å²) < 4.78 is 5.70. The third-order valence-electron chi connectivity index (χ3n) is 3.39. The molecule has 2 aromatic rings. The van der Waals surface area contributed by atoms with Crippen LogP contribution in [0.25, 0.3) is 11.3 Å². The monoisotopic (exact) mass is 344 g/mol. The summed E-state index contributed by atoms with van der Waals surface area (Å²) in [6.07, 6.45) is 1.87. The Morgan fingerprint density at radius 2 is 1.84 bits per heavy atom. The number of aromatic nitrogens is 1. The van der Waals surface area contributed by atoms with Crippen LogP contribution in [0.15, 0.2) is 40.9 Å². The Bertz CT molecular complexity index is 697. The lowest BCUT2D eigenvalue weighted by molar-refractivity contribution is -0.121. The van der Waals surface area contributed by atoms with Gasteiger partial charge in [-0.1, -0.05) is 30.3 Å². The number of nitrogens with zero attached hydrogens (tertiary/aromatic N) is 1. The van der Waals surface area contributed by atoms with Crippen molar-refractivity contribution in [3.8, 4) is 11.3 Å². The van der Waals surface area contributed by atoms with E-state index in [1.165, 1.54) is 0 Å². The number of urea groups is 1. The molecule has 7 nitrogen and oxygen atoms in total. The fourth-order valence-electron chi connectivity index (χ4n) is 2.22. The number of hydrogen-bond acceptors (Lipinski definition) is 4. The zero-order valence-electron chi connectivity index (χ0n) is 14.7. The van der Waals surface area contributed by atoms with E-state index in [0.29, 0.717) is 11.7 Å². The predicted octanol–water partition coefficient (Wildman–Crippen LogP) is 2.62. The van der Waals surface area contributed by atoms with Crippen molar-refractivity contribution in [1.29, 1.82) is 0 Å². The Morgan fingerprint density at radius 1 is 1.12 bits per heavy atom. The van der Waals surface area contributed by atoms with Crippen LogP contribution in [0, 0.1) is 0 Å². The van der Waals surface area contributed by atoms with Crippen LogP contribution in [-0.2, 0) is 4.79 Å². The van der Waals surface area contributed by atoms with Gasteiger partial charge in [-0.25, -0.2) is 9.78 Å². The van der Waals surface area contributed by atoms with Crippen LogP contribution in [0.4, 0.5) is 4.79 Å². The molecule has 0 aliphatic heterocycles. The SMILES string of the molecule is CC(C)NC(=O)CCNC(=O)N[C@@H](C)c1ncc(-c2ccccc2)o1. The van der Waals surface area contributed by atoms with E-state index in [-0.39, 0.29) is 37.0 Å². The summed E-state index contributed by atoms with van der Waals surface area (Å²) in [6, 6.07) is 8.95. The van der Waals surface area contributed by atoms with Gasteiger partial charge in [0.15, 0.2) is 5.76 Å². The number of oxazole rings is 1. The Balaban J connectivity index is 1.79. The third-order valence-corrected chi connectivity index (χ3v) is 3.39. The minimum absolute atomic E-state index is 0.0881. The minimum atomic E-state index is -0.387. The summed E-state index contributed by atoms with van der Waals surface area (Å²) >= 11 is 0. The smallest absolute Gasteiger partial charge is 0.315 e. The molecule has 0 unspecified atom stereocenters. The molecule has 3 N–H and O–H groups in total. The molecule has 1 aromatic carbocycles. The molecule has 134 valence electrons. The van der Waals surface area contributed by atoms with E-state index in [0.717, 1.165) is 5.56 Å². The molecule has 0 radical (unpaired) electrons. The zero-order chi connectivity index (χ0) is 18.2. The molecule has 2 rings (SSSR count). The van der Waals surface area contributed by atoms with Gasteiger partial charge in [-0.3, -0.25) is 4.79 Å². The highest BCUT2D eigenvalue weighted by molar-refractivity contribution is 5.78. The van der Waals surface area contributed by atoms with Crippen LogP contribution in [-0.4, -0.2) is 29.5 Å². The van der Waals surface area contributed by atoms with Crippen molar-refractivity contribution < 1.29 is 14.0 Å². The van der Waals surface area contributed by atoms with Gasteiger partial charge in [0, 0.05) is 24.6 Å². The molecular formula is C18H24N4O3. The standard InChI is InChI=1S/C18H24N4O3/c1-12(2)21-16(23)9-10-19-18(24)22-13(3)17-20-11-15(25-17)14-7-5-4-6-8-14/h4-8,11-13H,9-10H2,1-3H3,(H,21,23)(H2,19,22,24)/t13-/m0/s1. The lowest BCUT2D eigenvalue weighted by atomic mass is 10.2. The topological polar surface area (TPSA) is 96.3 Å². The van der Waals surface area contributed by atoms with Gasteiger partial charge in [-0.15, -0.1) is 0 Å². The first-order chi connectivity index (χ1) is 12.0. The van der Waals surface area contributed by atoms with Crippen LogP contribution >= 0.6 is 0 Å². The van der Waals surface area contributed by atoms with Gasteiger partial charge < -0.3 is 20.4 Å². The van der Waals surface area contributed by atoms with Gasteiger partial charge in [0.25, 0.3) is 0 Å². The second-order valence-electron chi connectivity index (χ2n) is 6.02. The summed E-state index contributed by atoms with van der Waals surface area (Å²) in [6.45, 7) is 5.82. The number of carbonyl (C=O) groups excluding carboxylic acids is 2. The molecule has 0 bridgehead atoms. The lowest BCUT2D eigenvalue weighted by Crippen LogP contribution is -2.39. The van der Waals surface area contributed by atoms with Crippen molar-refractivity contribution in [2.45, 2.75) is 39.3 Å². The van der Waals surface area contributed by atoms with E-state index >= 15 is 0 Å². The minimum Gasteiger partial charge on any atom is -0.438 e. The average Bonchev–Trinajstić information content (AvgIpc) is 3.05. The van der Waals surface area contributed by atoms with Gasteiger partial charge in [0.1, 0.15) is 6.04 Å². The zero-order valence-corrected chi connectivity index (χ0v) is 14.7. The van der Waals surface area contributed by atoms with Crippen LogP contribution in [0.3, 0.4) is 0 Å². The molecule has 1 heterocycles. The van der Waals surface area contributed by atoms with E-state index in [1.54, 1.807) is 13.1 Å². The normalized spacial score (nSPS) is 11.8. The van der Waals surface area contributed by atoms with Crippen molar-refractivity contribution in [3.05, 3.63) is 42.4 Å². The van der Waals surface area contributed by atoms with Gasteiger partial charge in [-0.2, -0.15) is 0 Å². The van der Waals surface area contributed by atoms with Crippen LogP contribution in [0.2, 0.25) is 0 Å². The molecule has 0 spiro atoms. The highest BCUT2D eigenvalue weighted by atomic mass is 16.4. The first-order valence-electron chi connectivity index (χ1n) is 8.30. The molecule has 7 heteroatoms. The van der Waals surface area contributed by atoms with E-state index < -0.39 is 0 Å². The second kappa shape index (κ2) is 8.86. The van der Waals surface area contributed by atoms with Gasteiger partial charge in [0.2, 0.25) is 11.8 Å². The Morgan fingerprint density at radius 3 is 2.52 bits per heavy atom. The molecule has 25 heavy (non-hydrogen) atoms. The molecule has 1 atom stereocenters. The number of hydrogen-bond donors (Lipinski definition) is 3. The summed E-state index contributed by atoms with van der Waals surface area (Å²) in [7, 11) is 0. The Kier molecular flexibility index (Phi) is 6.56. The summed E-state index contributed by atoms with van der Waals surface area (Å²) in [4.78, 5) is 27.6. The number of carbonyl (C=O) groups is 2. The summed E-state index contributed by atoms with van der Waals surface area (Å²) in [5.41, 5.74) is 0.925. The van der Waals surface area contributed by atoms with Gasteiger partial charge in [-0.05, 0) is 20.8 Å². The first-order valence-corrected chi connectivity index (χ1v) is 8.30. The maximum absolute atomic E-state index is 11.9. The molecule has 0 saturated heterocycles. The summed E-state index contributed by atoms with van der Waals surface area (Å²) in [5, 5.41) is 8.15. The van der Waals surface area contributed by atoms with Gasteiger partial charge >= 0.3 is 6.03 Å². The highest BCUT2D eigenvalue weighted by Gasteiger charge is 2.15. The van der Waals surface area contributed by atoms with E-state index in [1.807, 2.05) is 44.2 Å². The first kappa shape index (κ1) is 18.5. The van der Waals surface area contributed by atoms with Crippen molar-refractivity contribution in [2.75, 3.05) is 6.54 Å². The lowest BCUT2D eigenvalue weighted by Gasteiger charge is -2.12. The molecule has 1 aromatic heterocycles. The fourth-order valence-corrected chi connectivity index (χ4v) is 2.22. The number of benzene rings is 1. The van der Waals surface area contributed by atoms with Gasteiger partial charge in [0.05, 0.1) is 6.20 Å². The van der Waals surface area contributed by atoms with E-state index in [4.69, 9.17) is 4.42 Å². The summed E-state index contributed by atoms with van der Waals surface area (Å²) in [5.74, 6) is 0.977. The number of nitrogens with one attached hydrogen (secondary N) is 3. The molecule has 0 aliphatic rings. The second-order valence-corrected chi connectivity index (χ2v) is 6.02. The molecule has 0 saturated carbocycles. The van der Waals surface area contributed by atoms with E-state index in [9.17, 15) is 9.59 Å². The van der Waals surface area contributed by atoms with Crippen LogP contribution in [0.5, 0.6) is 0 Å². The van der Waals surface area contributed by atoms with Crippen LogP contribution in [0.1, 0.15) is 39.1 Å². The fraction of sp³-hybridized carbons (Fsp3) is 0.389. The molecular weight excluding hydrogens is 320 g/mol. The Hall–Kier alpha value is -2.83. The van der Waals surface area contributed by atoms with Crippen molar-refractivity contribution in [1.82, 2.24) is 20.9 Å². The average molecular weight is 344 g/mol. The molecule has 0 aliphatic carbocycles. The third kappa shape index (κ3) is 5.95. The van der Waals surface area contributed by atoms with Crippen molar-refractivity contribution in [3.63, 3.8) is 0 Å². The van der Waals surface area contributed by atoms with E-state index in [2.05, 4.69) is 20.9 Å². The quantitative estimate of drug-likeness (QED) is 0.719. The maximum Gasteiger partial charge on any atom is 0.315 e. The van der Waals surface area contributed by atoms with Crippen molar-refractivity contribution >= 4 is 11.9 Å².